The van der Waals surface area contributed by atoms with E-state index < -0.39 is 6.10 Å². The molecular formula is C12H19NO2S. The lowest BCUT2D eigenvalue weighted by atomic mass is 9.96. The zero-order valence-corrected chi connectivity index (χ0v) is 10.8. The molecule has 0 spiro atoms. The van der Waals surface area contributed by atoms with Gasteiger partial charge in [0, 0.05) is 16.8 Å². The Bertz CT molecular complexity index is 327. The largest absolute Gasteiger partial charge is 0.388 e. The Labute approximate surface area is 100 Å². The Morgan fingerprint density at radius 1 is 1.56 bits per heavy atom. The normalized spacial score (nSPS) is 13.5. The summed E-state index contributed by atoms with van der Waals surface area (Å²) < 4.78 is 0. The van der Waals surface area contributed by atoms with E-state index in [1.54, 1.807) is 0 Å². The number of amides is 1. The fourth-order valence-electron chi connectivity index (χ4n) is 1.21. The number of aliphatic hydroxyl groups is 1. The zero-order valence-electron chi connectivity index (χ0n) is 9.99. The van der Waals surface area contributed by atoms with Crippen molar-refractivity contribution in [3.8, 4) is 0 Å². The molecular weight excluding hydrogens is 222 g/mol. The van der Waals surface area contributed by atoms with Crippen LogP contribution in [-0.4, -0.2) is 17.6 Å². The molecule has 3 nitrogen and oxygen atoms in total. The van der Waals surface area contributed by atoms with E-state index in [9.17, 15) is 9.90 Å². The van der Waals surface area contributed by atoms with Crippen LogP contribution >= 0.6 is 11.3 Å². The summed E-state index contributed by atoms with van der Waals surface area (Å²) in [5.74, 6) is 0.0193. The van der Waals surface area contributed by atoms with E-state index in [-0.39, 0.29) is 11.3 Å². The van der Waals surface area contributed by atoms with Crippen molar-refractivity contribution in [3.05, 3.63) is 22.4 Å². The predicted octanol–water partition coefficient (Wildman–Crippen LogP) is 2.33. The molecule has 1 heterocycles. The summed E-state index contributed by atoms with van der Waals surface area (Å²) in [6.45, 7) is 6.13. The van der Waals surface area contributed by atoms with E-state index in [4.69, 9.17) is 0 Å². The van der Waals surface area contributed by atoms with Gasteiger partial charge in [-0.15, -0.1) is 11.3 Å². The Hall–Kier alpha value is -0.870. The zero-order chi connectivity index (χ0) is 12.2. The Morgan fingerprint density at radius 3 is 2.75 bits per heavy atom. The quantitative estimate of drug-likeness (QED) is 0.850. The van der Waals surface area contributed by atoms with Crippen LogP contribution in [0.4, 0.5) is 0 Å². The first-order chi connectivity index (χ1) is 7.41. The van der Waals surface area contributed by atoms with E-state index in [0.717, 1.165) is 4.88 Å². The van der Waals surface area contributed by atoms with Crippen molar-refractivity contribution in [2.24, 2.45) is 5.41 Å². The number of hydrogen-bond donors (Lipinski definition) is 2. The van der Waals surface area contributed by atoms with Gasteiger partial charge in [-0.3, -0.25) is 4.79 Å². The highest BCUT2D eigenvalue weighted by atomic mass is 32.1. The van der Waals surface area contributed by atoms with Crippen molar-refractivity contribution in [2.45, 2.75) is 33.3 Å². The van der Waals surface area contributed by atoms with Gasteiger partial charge in [-0.05, 0) is 17.9 Å². The van der Waals surface area contributed by atoms with E-state index in [0.29, 0.717) is 13.0 Å². The minimum Gasteiger partial charge on any atom is -0.388 e. The number of nitrogens with one attached hydrogen (secondary N) is 1. The maximum Gasteiger partial charge on any atom is 0.225 e. The molecule has 0 unspecified atom stereocenters. The molecule has 2 N–H and O–H groups in total. The molecule has 0 bridgehead atoms. The maximum atomic E-state index is 11.5. The second kappa shape index (κ2) is 5.46. The average molecular weight is 241 g/mol. The summed E-state index contributed by atoms with van der Waals surface area (Å²) in [4.78, 5) is 12.5. The summed E-state index contributed by atoms with van der Waals surface area (Å²) in [6.07, 6.45) is 0.0859. The van der Waals surface area contributed by atoms with Crippen LogP contribution in [0.2, 0.25) is 0 Å². The molecule has 4 heteroatoms. The molecule has 0 aliphatic rings. The number of carbonyl (C=O) groups is 1. The van der Waals surface area contributed by atoms with Gasteiger partial charge < -0.3 is 10.4 Å². The van der Waals surface area contributed by atoms with Gasteiger partial charge in [-0.1, -0.05) is 26.8 Å². The Kier molecular flexibility index (Phi) is 4.50. The highest BCUT2D eigenvalue weighted by Crippen LogP contribution is 2.21. The number of aliphatic hydroxyl groups excluding tert-OH is 1. The van der Waals surface area contributed by atoms with Crippen LogP contribution < -0.4 is 5.32 Å². The van der Waals surface area contributed by atoms with Gasteiger partial charge in [0.2, 0.25) is 5.91 Å². The summed E-state index contributed by atoms with van der Waals surface area (Å²) in [5.41, 5.74) is -0.367. The van der Waals surface area contributed by atoms with Crippen LogP contribution in [0.25, 0.3) is 0 Å². The van der Waals surface area contributed by atoms with Gasteiger partial charge in [-0.25, -0.2) is 0 Å². The van der Waals surface area contributed by atoms with Crippen LogP contribution in [0.15, 0.2) is 17.5 Å². The lowest BCUT2D eigenvalue weighted by Gasteiger charge is -2.18. The summed E-state index contributed by atoms with van der Waals surface area (Å²) >= 11 is 1.53. The van der Waals surface area contributed by atoms with Crippen molar-refractivity contribution in [3.63, 3.8) is 0 Å². The lowest BCUT2D eigenvalue weighted by molar-refractivity contribution is -0.128. The van der Waals surface area contributed by atoms with Gasteiger partial charge in [0.15, 0.2) is 0 Å². The van der Waals surface area contributed by atoms with E-state index in [2.05, 4.69) is 5.32 Å². The van der Waals surface area contributed by atoms with Crippen LogP contribution in [-0.2, 0) is 4.79 Å². The third-order valence-corrected chi connectivity index (χ3v) is 3.23. The van der Waals surface area contributed by atoms with Crippen molar-refractivity contribution >= 4 is 17.2 Å². The van der Waals surface area contributed by atoms with E-state index >= 15 is 0 Å². The monoisotopic (exact) mass is 241 g/mol. The second-order valence-electron chi connectivity index (χ2n) is 4.83. The van der Waals surface area contributed by atoms with Crippen molar-refractivity contribution in [1.29, 1.82) is 0 Å². The third-order valence-electron chi connectivity index (χ3n) is 2.26. The van der Waals surface area contributed by atoms with Gasteiger partial charge in [0.25, 0.3) is 0 Å². The summed E-state index contributed by atoms with van der Waals surface area (Å²) in [7, 11) is 0. The van der Waals surface area contributed by atoms with E-state index in [1.807, 2.05) is 38.3 Å². The van der Waals surface area contributed by atoms with Gasteiger partial charge in [-0.2, -0.15) is 0 Å². The van der Waals surface area contributed by atoms with Crippen molar-refractivity contribution in [1.82, 2.24) is 5.32 Å². The third kappa shape index (κ3) is 3.94. The maximum absolute atomic E-state index is 11.5. The Balaban J connectivity index is 2.29. The van der Waals surface area contributed by atoms with Gasteiger partial charge in [0.1, 0.15) is 0 Å². The average Bonchev–Trinajstić information content (AvgIpc) is 2.68. The summed E-state index contributed by atoms with van der Waals surface area (Å²) in [6, 6.07) is 3.82. The molecule has 0 saturated heterocycles. The fraction of sp³-hybridized carbons (Fsp3) is 0.583. The fourth-order valence-corrected chi connectivity index (χ4v) is 1.96. The van der Waals surface area contributed by atoms with Crippen molar-refractivity contribution in [2.75, 3.05) is 6.54 Å². The molecule has 0 fully saturated rings. The minimum atomic E-state index is -0.472. The van der Waals surface area contributed by atoms with Crippen LogP contribution in [0.1, 0.15) is 38.2 Å². The van der Waals surface area contributed by atoms with Gasteiger partial charge in [0.05, 0.1) is 6.10 Å². The molecule has 1 rings (SSSR count). The lowest BCUT2D eigenvalue weighted by Crippen LogP contribution is -2.35. The second-order valence-corrected chi connectivity index (χ2v) is 5.81. The molecule has 1 aromatic heterocycles. The first-order valence-electron chi connectivity index (χ1n) is 5.41. The summed E-state index contributed by atoms with van der Waals surface area (Å²) in [5, 5.41) is 14.5. The van der Waals surface area contributed by atoms with Crippen LogP contribution in [0.5, 0.6) is 0 Å². The predicted molar refractivity (Wildman–Crippen MR) is 66.4 cm³/mol. The molecule has 1 aromatic rings. The first kappa shape index (κ1) is 13.2. The molecule has 0 aromatic carbocycles. The first-order valence-corrected chi connectivity index (χ1v) is 6.29. The minimum absolute atomic E-state index is 0.0193. The molecule has 1 amide bonds. The van der Waals surface area contributed by atoms with Crippen molar-refractivity contribution < 1.29 is 9.90 Å². The molecule has 90 valence electrons. The standard InChI is InChI=1S/C12H19NO2S/c1-12(2,3)11(15)13-7-6-9(14)10-5-4-8-16-10/h4-5,8-9,14H,6-7H2,1-3H3,(H,13,15)/t9-/m1/s1. The topological polar surface area (TPSA) is 49.3 Å². The number of hydrogen-bond acceptors (Lipinski definition) is 3. The molecule has 0 aliphatic heterocycles. The highest BCUT2D eigenvalue weighted by molar-refractivity contribution is 7.10. The molecule has 1 atom stereocenters. The number of thiophene rings is 1. The highest BCUT2D eigenvalue weighted by Gasteiger charge is 2.20. The number of rotatable bonds is 4. The smallest absolute Gasteiger partial charge is 0.225 e. The molecule has 16 heavy (non-hydrogen) atoms. The number of carbonyl (C=O) groups excluding carboxylic acids is 1. The van der Waals surface area contributed by atoms with Gasteiger partial charge >= 0.3 is 0 Å². The molecule has 0 aliphatic carbocycles. The van der Waals surface area contributed by atoms with Crippen LogP contribution in [0, 0.1) is 5.41 Å². The Morgan fingerprint density at radius 2 is 2.25 bits per heavy atom. The van der Waals surface area contributed by atoms with Crippen LogP contribution in [0.3, 0.4) is 0 Å². The molecule has 0 radical (unpaired) electrons. The SMILES string of the molecule is CC(C)(C)C(=O)NCC[C@@H](O)c1cccs1. The molecule has 0 saturated carbocycles. The van der Waals surface area contributed by atoms with E-state index in [1.165, 1.54) is 11.3 Å².